The lowest BCUT2D eigenvalue weighted by atomic mass is 9.80. The molecule has 0 heterocycles. The van der Waals surface area contributed by atoms with E-state index in [9.17, 15) is 9.50 Å². The second kappa shape index (κ2) is 7.75. The smallest absolute Gasteiger partial charge is 0.128 e. The number of hydrogen-bond donors (Lipinski definition) is 2. The molecule has 22 heavy (non-hydrogen) atoms. The zero-order valence-corrected chi connectivity index (χ0v) is 13.0. The Morgan fingerprint density at radius 2 is 2.18 bits per heavy atom. The largest absolute Gasteiger partial charge is 0.493 e. The van der Waals surface area contributed by atoms with Crippen molar-refractivity contribution in [3.05, 3.63) is 42.5 Å². The maximum Gasteiger partial charge on any atom is 0.128 e. The highest BCUT2D eigenvalue weighted by Crippen LogP contribution is 2.36. The molecule has 1 saturated carbocycles. The van der Waals surface area contributed by atoms with Gasteiger partial charge in [-0.25, -0.2) is 4.39 Å². The van der Waals surface area contributed by atoms with Crippen molar-refractivity contribution >= 4 is 0 Å². The van der Waals surface area contributed by atoms with E-state index in [0.717, 1.165) is 24.2 Å². The third-order valence-corrected chi connectivity index (χ3v) is 4.47. The minimum absolute atomic E-state index is 0.376. The summed E-state index contributed by atoms with van der Waals surface area (Å²) in [4.78, 5) is 0. The molecule has 2 rings (SSSR count). The van der Waals surface area contributed by atoms with Gasteiger partial charge in [0.25, 0.3) is 0 Å². The van der Waals surface area contributed by atoms with Crippen molar-refractivity contribution in [2.24, 2.45) is 11.7 Å². The number of ether oxygens (including phenoxy) is 1. The Labute approximate surface area is 132 Å². The highest BCUT2D eigenvalue weighted by atomic mass is 19.1. The molecule has 1 aliphatic carbocycles. The summed E-state index contributed by atoms with van der Waals surface area (Å²) in [7, 11) is 0. The molecule has 0 saturated heterocycles. The number of rotatable bonds is 7. The molecule has 0 aromatic heterocycles. The first kappa shape index (κ1) is 17.0. The van der Waals surface area contributed by atoms with Gasteiger partial charge in [0.15, 0.2) is 0 Å². The summed E-state index contributed by atoms with van der Waals surface area (Å²) in [6, 6.07) is 7.47. The van der Waals surface area contributed by atoms with Crippen LogP contribution in [0.25, 0.3) is 0 Å². The van der Waals surface area contributed by atoms with E-state index in [4.69, 9.17) is 10.5 Å². The van der Waals surface area contributed by atoms with Gasteiger partial charge >= 0.3 is 0 Å². The lowest BCUT2D eigenvalue weighted by Gasteiger charge is -2.31. The summed E-state index contributed by atoms with van der Waals surface area (Å²) in [5, 5.41) is 9.96. The van der Waals surface area contributed by atoms with Gasteiger partial charge in [0.2, 0.25) is 0 Å². The Morgan fingerprint density at radius 3 is 2.82 bits per heavy atom. The first-order valence-corrected chi connectivity index (χ1v) is 8.00. The zero-order chi connectivity index (χ0) is 16.0. The molecule has 0 radical (unpaired) electrons. The summed E-state index contributed by atoms with van der Waals surface area (Å²) in [5.74, 6) is 1.12. The van der Waals surface area contributed by atoms with Crippen LogP contribution >= 0.6 is 0 Å². The third kappa shape index (κ3) is 4.55. The number of hydrogen-bond acceptors (Lipinski definition) is 3. The Morgan fingerprint density at radius 1 is 1.45 bits per heavy atom. The average Bonchev–Trinajstić information content (AvgIpc) is 2.55. The van der Waals surface area contributed by atoms with E-state index in [1.165, 1.54) is 6.08 Å². The fourth-order valence-electron chi connectivity index (χ4n) is 2.88. The maximum absolute atomic E-state index is 14.1. The molecule has 1 aliphatic rings. The van der Waals surface area contributed by atoms with Gasteiger partial charge in [-0.3, -0.25) is 0 Å². The summed E-state index contributed by atoms with van der Waals surface area (Å²) < 4.78 is 19.9. The topological polar surface area (TPSA) is 55.5 Å². The van der Waals surface area contributed by atoms with Crippen LogP contribution in [0.1, 0.15) is 43.8 Å². The number of halogens is 1. The fraction of sp³-hybridized carbons (Fsp3) is 0.556. The van der Waals surface area contributed by atoms with Crippen molar-refractivity contribution in [1.82, 2.24) is 0 Å². The minimum Gasteiger partial charge on any atom is -0.493 e. The van der Waals surface area contributed by atoms with Crippen molar-refractivity contribution < 1.29 is 14.2 Å². The Balaban J connectivity index is 1.85. The molecule has 3 N–H and O–H groups in total. The molecule has 1 fully saturated rings. The maximum atomic E-state index is 14.1. The minimum atomic E-state index is -1.19. The molecule has 0 aliphatic heterocycles. The van der Waals surface area contributed by atoms with Crippen molar-refractivity contribution in [2.75, 3.05) is 13.2 Å². The van der Waals surface area contributed by atoms with Crippen molar-refractivity contribution in [2.45, 2.75) is 43.9 Å². The molecule has 1 aromatic rings. The van der Waals surface area contributed by atoms with Crippen LogP contribution in [-0.2, 0) is 0 Å². The van der Waals surface area contributed by atoms with Crippen LogP contribution in [0, 0.1) is 5.92 Å². The van der Waals surface area contributed by atoms with E-state index in [0.29, 0.717) is 38.3 Å². The Hall–Kier alpha value is -1.39. The summed E-state index contributed by atoms with van der Waals surface area (Å²) in [6.45, 7) is 4.61. The van der Waals surface area contributed by atoms with Crippen LogP contribution in [0.3, 0.4) is 0 Å². The van der Waals surface area contributed by atoms with Gasteiger partial charge < -0.3 is 15.6 Å². The highest BCUT2D eigenvalue weighted by Gasteiger charge is 2.32. The van der Waals surface area contributed by atoms with Crippen LogP contribution < -0.4 is 10.5 Å². The fourth-order valence-corrected chi connectivity index (χ4v) is 2.88. The SMILES string of the molecule is C=CC1(F)CCC(COc2cccc(C(O)CCN)c2)CC1. The standard InChI is InChI=1S/C18H26FNO2/c1-2-18(19)9-6-14(7-10-18)13-22-16-5-3-4-15(12-16)17(21)8-11-20/h2-5,12,14,17,21H,1,6-11,13,20H2. The molecule has 1 atom stereocenters. The first-order chi connectivity index (χ1) is 10.6. The van der Waals surface area contributed by atoms with Crippen LogP contribution in [-0.4, -0.2) is 23.9 Å². The van der Waals surface area contributed by atoms with Crippen LogP contribution in [0.4, 0.5) is 4.39 Å². The van der Waals surface area contributed by atoms with Gasteiger partial charge in [-0.15, -0.1) is 0 Å². The van der Waals surface area contributed by atoms with E-state index < -0.39 is 11.8 Å². The first-order valence-electron chi connectivity index (χ1n) is 8.00. The molecule has 3 nitrogen and oxygen atoms in total. The number of aliphatic hydroxyl groups excluding tert-OH is 1. The second-order valence-corrected chi connectivity index (χ2v) is 6.16. The van der Waals surface area contributed by atoms with Crippen LogP contribution in [0.5, 0.6) is 5.75 Å². The number of aliphatic hydroxyl groups is 1. The third-order valence-electron chi connectivity index (χ3n) is 4.47. The average molecular weight is 307 g/mol. The monoisotopic (exact) mass is 307 g/mol. The van der Waals surface area contributed by atoms with Gasteiger partial charge in [-0.05, 0) is 62.3 Å². The van der Waals surface area contributed by atoms with Crippen LogP contribution in [0.15, 0.2) is 36.9 Å². The van der Waals surface area contributed by atoms with Gasteiger partial charge in [0, 0.05) is 0 Å². The zero-order valence-electron chi connectivity index (χ0n) is 13.0. The molecule has 4 heteroatoms. The summed E-state index contributed by atoms with van der Waals surface area (Å²) >= 11 is 0. The van der Waals surface area contributed by atoms with Gasteiger partial charge in [-0.2, -0.15) is 0 Å². The van der Waals surface area contributed by atoms with Crippen molar-refractivity contribution in [3.63, 3.8) is 0 Å². The Bertz CT molecular complexity index is 484. The van der Waals surface area contributed by atoms with E-state index in [-0.39, 0.29) is 0 Å². The summed E-state index contributed by atoms with van der Waals surface area (Å²) in [6.07, 6.45) is 4.11. The molecule has 1 aromatic carbocycles. The second-order valence-electron chi connectivity index (χ2n) is 6.16. The normalized spacial score (nSPS) is 26.4. The molecular weight excluding hydrogens is 281 g/mol. The predicted molar refractivity (Wildman–Crippen MR) is 86.6 cm³/mol. The van der Waals surface area contributed by atoms with Crippen molar-refractivity contribution in [1.29, 1.82) is 0 Å². The van der Waals surface area contributed by atoms with E-state index in [1.807, 2.05) is 24.3 Å². The van der Waals surface area contributed by atoms with Crippen molar-refractivity contribution in [3.8, 4) is 5.75 Å². The van der Waals surface area contributed by atoms with Gasteiger partial charge in [0.05, 0.1) is 12.7 Å². The van der Waals surface area contributed by atoms with E-state index >= 15 is 0 Å². The number of benzene rings is 1. The number of allylic oxidation sites excluding steroid dienone is 1. The quantitative estimate of drug-likeness (QED) is 0.758. The van der Waals surface area contributed by atoms with Gasteiger partial charge in [0.1, 0.15) is 11.4 Å². The molecular formula is C18H26FNO2. The van der Waals surface area contributed by atoms with Gasteiger partial charge in [-0.1, -0.05) is 24.8 Å². The lowest BCUT2D eigenvalue weighted by molar-refractivity contribution is 0.108. The van der Waals surface area contributed by atoms with Crippen LogP contribution in [0.2, 0.25) is 0 Å². The number of alkyl halides is 1. The molecule has 0 spiro atoms. The molecule has 1 unspecified atom stereocenters. The Kier molecular flexibility index (Phi) is 5.98. The summed E-state index contributed by atoms with van der Waals surface area (Å²) in [5.41, 5.74) is 5.09. The number of nitrogens with two attached hydrogens (primary N) is 1. The highest BCUT2D eigenvalue weighted by molar-refractivity contribution is 5.29. The lowest BCUT2D eigenvalue weighted by Crippen LogP contribution is -2.29. The van der Waals surface area contributed by atoms with E-state index in [1.54, 1.807) is 0 Å². The molecule has 0 bridgehead atoms. The van der Waals surface area contributed by atoms with E-state index in [2.05, 4.69) is 6.58 Å². The molecule has 0 amide bonds. The molecule has 122 valence electrons. The predicted octanol–water partition coefficient (Wildman–Crippen LogP) is 3.53.